The molecular formula is C12H12F3NS. The number of nitrogens with zero attached hydrogens (tertiary/aromatic N) is 1. The maximum absolute atomic E-state index is 12.3. The van der Waals surface area contributed by atoms with E-state index in [1.54, 1.807) is 0 Å². The van der Waals surface area contributed by atoms with Crippen molar-refractivity contribution in [3.63, 3.8) is 0 Å². The van der Waals surface area contributed by atoms with E-state index in [1.807, 2.05) is 6.92 Å². The molecule has 1 aromatic carbocycles. The molecule has 0 saturated heterocycles. The standard InChI is InChI=1S/C12H12F3NS/c1-2-9(7-16)8-17-11-5-3-10(4-6-11)12(13,14)15/h3-6,9H,2,8H2,1H3. The maximum Gasteiger partial charge on any atom is 0.416 e. The van der Waals surface area contributed by atoms with Crippen LogP contribution in [0.5, 0.6) is 0 Å². The zero-order chi connectivity index (χ0) is 12.9. The normalized spacial score (nSPS) is 13.1. The average molecular weight is 259 g/mol. The highest BCUT2D eigenvalue weighted by atomic mass is 32.2. The summed E-state index contributed by atoms with van der Waals surface area (Å²) in [6, 6.07) is 7.17. The molecule has 1 atom stereocenters. The van der Waals surface area contributed by atoms with Gasteiger partial charge in [-0.2, -0.15) is 18.4 Å². The second-order valence-electron chi connectivity index (χ2n) is 3.57. The number of halogens is 3. The van der Waals surface area contributed by atoms with Crippen molar-refractivity contribution >= 4 is 11.8 Å². The van der Waals surface area contributed by atoms with Crippen LogP contribution in [0.15, 0.2) is 29.2 Å². The summed E-state index contributed by atoms with van der Waals surface area (Å²) in [7, 11) is 0. The molecule has 17 heavy (non-hydrogen) atoms. The van der Waals surface area contributed by atoms with Crippen molar-refractivity contribution in [1.82, 2.24) is 0 Å². The third kappa shape index (κ3) is 4.31. The molecule has 0 aliphatic heterocycles. The SMILES string of the molecule is CCC(C#N)CSc1ccc(C(F)(F)F)cc1. The van der Waals surface area contributed by atoms with E-state index in [2.05, 4.69) is 6.07 Å². The first-order valence-electron chi connectivity index (χ1n) is 5.17. The van der Waals surface area contributed by atoms with Gasteiger partial charge >= 0.3 is 6.18 Å². The molecule has 0 aliphatic rings. The first kappa shape index (κ1) is 13.9. The summed E-state index contributed by atoms with van der Waals surface area (Å²) >= 11 is 1.41. The summed E-state index contributed by atoms with van der Waals surface area (Å²) in [5.41, 5.74) is -0.644. The summed E-state index contributed by atoms with van der Waals surface area (Å²) in [6.45, 7) is 1.92. The molecule has 1 rings (SSSR count). The smallest absolute Gasteiger partial charge is 0.198 e. The molecule has 0 bridgehead atoms. The molecule has 0 radical (unpaired) electrons. The molecule has 0 N–H and O–H groups in total. The number of nitriles is 1. The van der Waals surface area contributed by atoms with E-state index < -0.39 is 11.7 Å². The van der Waals surface area contributed by atoms with Crippen LogP contribution >= 0.6 is 11.8 Å². The van der Waals surface area contributed by atoms with E-state index in [4.69, 9.17) is 5.26 Å². The molecule has 0 aromatic heterocycles. The first-order chi connectivity index (χ1) is 7.97. The fourth-order valence-electron chi connectivity index (χ4n) is 1.18. The molecule has 1 aromatic rings. The van der Waals surface area contributed by atoms with Crippen LogP contribution in [0.3, 0.4) is 0 Å². The molecular weight excluding hydrogens is 247 g/mol. The minimum atomic E-state index is -4.29. The van der Waals surface area contributed by atoms with Crippen LogP contribution in [0, 0.1) is 17.2 Å². The highest BCUT2D eigenvalue weighted by Gasteiger charge is 2.29. The predicted octanol–water partition coefficient (Wildman–Crippen LogP) is 4.35. The van der Waals surface area contributed by atoms with Crippen LogP contribution in [0.25, 0.3) is 0 Å². The summed E-state index contributed by atoms with van der Waals surface area (Å²) in [5.74, 6) is 0.556. The Morgan fingerprint density at radius 3 is 2.29 bits per heavy atom. The number of alkyl halides is 3. The van der Waals surface area contributed by atoms with Gasteiger partial charge in [-0.25, -0.2) is 0 Å². The topological polar surface area (TPSA) is 23.8 Å². The Balaban J connectivity index is 2.61. The molecule has 1 nitrogen and oxygen atoms in total. The van der Waals surface area contributed by atoms with Gasteiger partial charge in [0.1, 0.15) is 0 Å². The highest BCUT2D eigenvalue weighted by molar-refractivity contribution is 7.99. The third-order valence-corrected chi connectivity index (χ3v) is 3.48. The zero-order valence-corrected chi connectivity index (χ0v) is 10.1. The molecule has 92 valence electrons. The van der Waals surface area contributed by atoms with Crippen LogP contribution in [0.1, 0.15) is 18.9 Å². The lowest BCUT2D eigenvalue weighted by Gasteiger charge is -2.08. The Labute approximate surface area is 103 Å². The van der Waals surface area contributed by atoms with E-state index in [-0.39, 0.29) is 5.92 Å². The molecule has 0 amide bonds. The van der Waals surface area contributed by atoms with E-state index in [0.717, 1.165) is 23.4 Å². The number of benzene rings is 1. The first-order valence-corrected chi connectivity index (χ1v) is 6.15. The third-order valence-electron chi connectivity index (χ3n) is 2.31. The van der Waals surface area contributed by atoms with Gasteiger partial charge in [-0.1, -0.05) is 6.92 Å². The summed E-state index contributed by atoms with van der Waals surface area (Å²) in [6.07, 6.45) is -3.54. The van der Waals surface area contributed by atoms with Crippen molar-refractivity contribution in [2.75, 3.05) is 5.75 Å². The van der Waals surface area contributed by atoms with Crippen LogP contribution < -0.4 is 0 Å². The van der Waals surface area contributed by atoms with Crippen molar-refractivity contribution in [1.29, 1.82) is 5.26 Å². The van der Waals surface area contributed by atoms with Crippen LogP contribution in [-0.2, 0) is 6.18 Å². The molecule has 0 fully saturated rings. The fraction of sp³-hybridized carbons (Fsp3) is 0.417. The molecule has 0 spiro atoms. The van der Waals surface area contributed by atoms with Crippen LogP contribution in [-0.4, -0.2) is 5.75 Å². The number of hydrogen-bond acceptors (Lipinski definition) is 2. The largest absolute Gasteiger partial charge is 0.416 e. The highest BCUT2D eigenvalue weighted by Crippen LogP contribution is 2.31. The van der Waals surface area contributed by atoms with Crippen molar-refractivity contribution in [2.45, 2.75) is 24.4 Å². The number of thioether (sulfide) groups is 1. The minimum absolute atomic E-state index is 0.0534. The van der Waals surface area contributed by atoms with Gasteiger partial charge in [-0.3, -0.25) is 0 Å². The Hall–Kier alpha value is -1.15. The lowest BCUT2D eigenvalue weighted by Crippen LogP contribution is -2.04. The van der Waals surface area contributed by atoms with Crippen LogP contribution in [0.4, 0.5) is 13.2 Å². The van der Waals surface area contributed by atoms with Gasteiger partial charge in [-0.05, 0) is 30.7 Å². The Bertz CT molecular complexity index is 392. The second-order valence-corrected chi connectivity index (χ2v) is 4.66. The Kier molecular flexibility index (Phi) is 4.88. The van der Waals surface area contributed by atoms with Gasteiger partial charge < -0.3 is 0 Å². The van der Waals surface area contributed by atoms with Crippen molar-refractivity contribution in [3.05, 3.63) is 29.8 Å². The number of hydrogen-bond donors (Lipinski definition) is 0. The Morgan fingerprint density at radius 1 is 1.29 bits per heavy atom. The maximum atomic E-state index is 12.3. The zero-order valence-electron chi connectivity index (χ0n) is 9.29. The summed E-state index contributed by atoms with van der Waals surface area (Å²) < 4.78 is 36.9. The van der Waals surface area contributed by atoms with Gasteiger partial charge in [-0.15, -0.1) is 11.8 Å². The Morgan fingerprint density at radius 2 is 1.88 bits per heavy atom. The van der Waals surface area contributed by atoms with Gasteiger partial charge in [0.25, 0.3) is 0 Å². The van der Waals surface area contributed by atoms with E-state index in [9.17, 15) is 13.2 Å². The molecule has 1 unspecified atom stereocenters. The van der Waals surface area contributed by atoms with Gasteiger partial charge in [0, 0.05) is 10.6 Å². The average Bonchev–Trinajstić information content (AvgIpc) is 2.30. The predicted molar refractivity (Wildman–Crippen MR) is 61.6 cm³/mol. The van der Waals surface area contributed by atoms with Gasteiger partial charge in [0.2, 0.25) is 0 Å². The summed E-state index contributed by atoms with van der Waals surface area (Å²) in [5, 5.41) is 8.74. The van der Waals surface area contributed by atoms with Gasteiger partial charge in [0.05, 0.1) is 17.6 Å². The fourth-order valence-corrected chi connectivity index (χ4v) is 2.22. The lowest BCUT2D eigenvalue weighted by atomic mass is 10.1. The number of rotatable bonds is 4. The van der Waals surface area contributed by atoms with E-state index in [0.29, 0.717) is 5.75 Å². The van der Waals surface area contributed by atoms with Crippen molar-refractivity contribution < 1.29 is 13.2 Å². The summed E-state index contributed by atoms with van der Waals surface area (Å²) in [4.78, 5) is 0.756. The molecule has 0 aliphatic carbocycles. The monoisotopic (exact) mass is 259 g/mol. The molecule has 0 heterocycles. The van der Waals surface area contributed by atoms with Crippen molar-refractivity contribution in [2.24, 2.45) is 5.92 Å². The van der Waals surface area contributed by atoms with Crippen LogP contribution in [0.2, 0.25) is 0 Å². The van der Waals surface area contributed by atoms with Crippen molar-refractivity contribution in [3.8, 4) is 6.07 Å². The minimum Gasteiger partial charge on any atom is -0.198 e. The molecule has 5 heteroatoms. The van der Waals surface area contributed by atoms with Gasteiger partial charge in [0.15, 0.2) is 0 Å². The molecule has 0 saturated carbocycles. The van der Waals surface area contributed by atoms with E-state index in [1.165, 1.54) is 23.9 Å². The lowest BCUT2D eigenvalue weighted by molar-refractivity contribution is -0.137. The van der Waals surface area contributed by atoms with E-state index >= 15 is 0 Å². The second kappa shape index (κ2) is 5.97. The quantitative estimate of drug-likeness (QED) is 0.751.